The number of carbonyl (C=O) groups excluding carboxylic acids is 2. The highest BCUT2D eigenvalue weighted by Gasteiger charge is 2.59. The van der Waals surface area contributed by atoms with E-state index in [2.05, 4.69) is 39.0 Å². The number of fused-ring (bicyclic) bond motifs is 1. The topological polar surface area (TPSA) is 101 Å². The Morgan fingerprint density at radius 3 is 2.49 bits per heavy atom. The number of amides is 1. The van der Waals surface area contributed by atoms with Gasteiger partial charge in [-0.25, -0.2) is 4.68 Å². The van der Waals surface area contributed by atoms with Gasteiger partial charge in [0.15, 0.2) is 11.5 Å². The van der Waals surface area contributed by atoms with Gasteiger partial charge in [-0.15, -0.1) is 5.10 Å². The third-order valence-electron chi connectivity index (χ3n) is 7.27. The molecule has 0 aliphatic carbocycles. The molecule has 39 heavy (non-hydrogen) atoms. The molecule has 1 fully saturated rings. The number of ether oxygens (including phenoxy) is 1. The van der Waals surface area contributed by atoms with Crippen LogP contribution in [-0.2, 0) is 16.0 Å². The van der Waals surface area contributed by atoms with Crippen molar-refractivity contribution in [3.8, 4) is 6.07 Å². The number of rotatable bonds is 7. The Labute approximate surface area is 249 Å². The monoisotopic (exact) mass is 675 g/mol. The lowest BCUT2D eigenvalue weighted by molar-refractivity contribution is -0.126. The summed E-state index contributed by atoms with van der Waals surface area (Å²) in [5.74, 6) is 0.0288. The van der Waals surface area contributed by atoms with E-state index in [4.69, 9.17) is 27.9 Å². The van der Waals surface area contributed by atoms with Crippen LogP contribution in [0.15, 0.2) is 48.2 Å². The van der Waals surface area contributed by atoms with Crippen LogP contribution in [-0.4, -0.2) is 50.8 Å². The minimum Gasteiger partial charge on any atom is -0.498 e. The quantitative estimate of drug-likeness (QED) is 0.234. The molecule has 1 aromatic heterocycles. The number of hydrogen-bond acceptors (Lipinski definition) is 6. The molecule has 2 aromatic carbocycles. The zero-order valence-corrected chi connectivity index (χ0v) is 25.1. The fourth-order valence-corrected chi connectivity index (χ4v) is 6.93. The SMILES string of the molecule is COC1=C(c2cc(Cl)cc(Cl)c2)C(=O)N2C[C@@H](n3nnc(C(=O)C(C)C)c3I)CC12Cc1ccc(C#N)cc1. The lowest BCUT2D eigenvalue weighted by Crippen LogP contribution is -2.45. The maximum Gasteiger partial charge on any atom is 0.258 e. The van der Waals surface area contributed by atoms with Gasteiger partial charge in [-0.3, -0.25) is 9.59 Å². The maximum absolute atomic E-state index is 14.1. The standard InChI is InChI=1S/C28H24Cl2IN5O3/c1-15(2)24(37)23-26(31)36(34-33-23)21-12-28(11-16-4-6-17(13-32)7-5-16)25(39-3)22(27(38)35(28)14-21)18-8-19(29)10-20(30)9-18/h4-10,15,21H,11-12,14H2,1-3H3/t21-,28?/m0/s1. The molecule has 200 valence electrons. The van der Waals surface area contributed by atoms with Gasteiger partial charge in [-0.2, -0.15) is 5.26 Å². The Morgan fingerprint density at radius 1 is 1.23 bits per heavy atom. The van der Waals surface area contributed by atoms with Crippen LogP contribution >= 0.6 is 45.8 Å². The molecule has 3 heterocycles. The number of carbonyl (C=O) groups is 2. The van der Waals surface area contributed by atoms with Gasteiger partial charge in [0, 0.05) is 35.3 Å². The predicted octanol–water partition coefficient (Wildman–Crippen LogP) is 5.73. The molecule has 8 nitrogen and oxygen atoms in total. The highest BCUT2D eigenvalue weighted by molar-refractivity contribution is 14.1. The Bertz CT molecular complexity index is 1540. The molecule has 1 saturated heterocycles. The van der Waals surface area contributed by atoms with Crippen molar-refractivity contribution in [1.29, 1.82) is 5.26 Å². The van der Waals surface area contributed by atoms with Gasteiger partial charge in [0.1, 0.15) is 15.0 Å². The summed E-state index contributed by atoms with van der Waals surface area (Å²) in [7, 11) is 1.56. The average molecular weight is 676 g/mol. The third-order valence-corrected chi connectivity index (χ3v) is 8.71. The zero-order valence-electron chi connectivity index (χ0n) is 21.4. The van der Waals surface area contributed by atoms with Crippen molar-refractivity contribution >= 4 is 63.1 Å². The molecule has 2 aliphatic heterocycles. The van der Waals surface area contributed by atoms with Crippen molar-refractivity contribution < 1.29 is 14.3 Å². The van der Waals surface area contributed by atoms with Crippen LogP contribution < -0.4 is 0 Å². The molecule has 0 bridgehead atoms. The van der Waals surface area contributed by atoms with Gasteiger partial charge in [-0.1, -0.05) is 54.4 Å². The number of nitriles is 1. The Kier molecular flexibility index (Phi) is 7.48. The van der Waals surface area contributed by atoms with E-state index in [1.165, 1.54) is 0 Å². The lowest BCUT2D eigenvalue weighted by Gasteiger charge is -2.34. The van der Waals surface area contributed by atoms with Crippen LogP contribution in [0.25, 0.3) is 5.57 Å². The number of benzene rings is 2. The number of halogens is 3. The second-order valence-electron chi connectivity index (χ2n) is 10.0. The predicted molar refractivity (Wildman–Crippen MR) is 155 cm³/mol. The molecule has 0 saturated carbocycles. The van der Waals surface area contributed by atoms with Crippen molar-refractivity contribution in [2.75, 3.05) is 13.7 Å². The molecule has 1 unspecified atom stereocenters. The highest BCUT2D eigenvalue weighted by atomic mass is 127. The summed E-state index contributed by atoms with van der Waals surface area (Å²) in [6, 6.07) is 14.2. The average Bonchev–Trinajstić information content (AvgIpc) is 3.52. The molecule has 2 aliphatic rings. The highest BCUT2D eigenvalue weighted by Crippen LogP contribution is 2.52. The normalized spacial score (nSPS) is 20.5. The Morgan fingerprint density at radius 2 is 1.90 bits per heavy atom. The van der Waals surface area contributed by atoms with E-state index in [9.17, 15) is 14.9 Å². The van der Waals surface area contributed by atoms with Gasteiger partial charge in [-0.05, 0) is 64.0 Å². The molecule has 1 amide bonds. The number of Topliss-reactive ketones (excluding diaryl/α,β-unsaturated/α-hetero) is 1. The number of methoxy groups -OCH3 is 1. The molecule has 3 aromatic rings. The van der Waals surface area contributed by atoms with Gasteiger partial charge in [0.05, 0.1) is 30.4 Å². The van der Waals surface area contributed by atoms with Crippen LogP contribution in [0.2, 0.25) is 10.0 Å². The molecule has 11 heteroatoms. The van der Waals surface area contributed by atoms with Crippen molar-refractivity contribution in [3.63, 3.8) is 0 Å². The second-order valence-corrected chi connectivity index (χ2v) is 11.9. The molecular formula is C28H24Cl2IN5O3. The van der Waals surface area contributed by atoms with E-state index in [1.807, 2.05) is 30.9 Å². The van der Waals surface area contributed by atoms with Crippen LogP contribution in [0.1, 0.15) is 53.5 Å². The van der Waals surface area contributed by atoms with Crippen LogP contribution in [0.4, 0.5) is 0 Å². The second kappa shape index (κ2) is 10.6. The molecule has 0 radical (unpaired) electrons. The van der Waals surface area contributed by atoms with Crippen LogP contribution in [0, 0.1) is 20.9 Å². The molecule has 0 N–H and O–H groups in total. The summed E-state index contributed by atoms with van der Waals surface area (Å²) < 4.78 is 8.41. The van der Waals surface area contributed by atoms with Crippen molar-refractivity contribution in [2.24, 2.45) is 5.92 Å². The largest absolute Gasteiger partial charge is 0.498 e. The lowest BCUT2D eigenvalue weighted by atomic mass is 9.85. The van der Waals surface area contributed by atoms with E-state index < -0.39 is 5.54 Å². The number of hydrogen-bond donors (Lipinski definition) is 0. The summed E-state index contributed by atoms with van der Waals surface area (Å²) in [6.45, 7) is 4.00. The van der Waals surface area contributed by atoms with Crippen molar-refractivity contribution in [2.45, 2.75) is 38.3 Å². The van der Waals surface area contributed by atoms with Gasteiger partial charge in [0.25, 0.3) is 5.91 Å². The molecular weight excluding hydrogens is 652 g/mol. The number of nitrogens with zero attached hydrogens (tertiary/aromatic N) is 5. The van der Waals surface area contributed by atoms with Gasteiger partial charge >= 0.3 is 0 Å². The maximum atomic E-state index is 14.1. The zero-order chi connectivity index (χ0) is 28.1. The van der Waals surface area contributed by atoms with E-state index in [1.54, 1.807) is 42.1 Å². The first-order chi connectivity index (χ1) is 18.6. The smallest absolute Gasteiger partial charge is 0.258 e. The van der Waals surface area contributed by atoms with Crippen molar-refractivity contribution in [3.05, 3.63) is 84.4 Å². The summed E-state index contributed by atoms with van der Waals surface area (Å²) in [5.41, 5.74) is 1.98. The van der Waals surface area contributed by atoms with Crippen molar-refractivity contribution in [1.82, 2.24) is 19.9 Å². The summed E-state index contributed by atoms with van der Waals surface area (Å²) in [6.07, 6.45) is 0.930. The van der Waals surface area contributed by atoms with Crippen LogP contribution in [0.3, 0.4) is 0 Å². The first kappa shape index (κ1) is 27.6. The summed E-state index contributed by atoms with van der Waals surface area (Å²) in [5, 5.41) is 18.6. The molecule has 2 atom stereocenters. The van der Waals surface area contributed by atoms with E-state index in [0.717, 1.165) is 5.56 Å². The number of aromatic nitrogens is 3. The van der Waals surface area contributed by atoms with Gasteiger partial charge < -0.3 is 9.64 Å². The summed E-state index contributed by atoms with van der Waals surface area (Å²) in [4.78, 5) is 28.6. The molecule has 0 spiro atoms. The first-order valence-corrected chi connectivity index (χ1v) is 14.1. The fourth-order valence-electron chi connectivity index (χ4n) is 5.54. The van der Waals surface area contributed by atoms with E-state index >= 15 is 0 Å². The molecule has 5 rings (SSSR count). The number of ketones is 1. The Hall–Kier alpha value is -2.94. The van der Waals surface area contributed by atoms with Gasteiger partial charge in [0.2, 0.25) is 0 Å². The fraction of sp³-hybridized carbons (Fsp3) is 0.321. The Balaban J connectivity index is 1.63. The summed E-state index contributed by atoms with van der Waals surface area (Å²) >= 11 is 14.7. The van der Waals surface area contributed by atoms with E-state index in [-0.39, 0.29) is 23.7 Å². The van der Waals surface area contributed by atoms with E-state index in [0.29, 0.717) is 61.3 Å². The minimum absolute atomic E-state index is 0.0786. The minimum atomic E-state index is -0.841. The van der Waals surface area contributed by atoms with Crippen LogP contribution in [0.5, 0.6) is 0 Å². The third kappa shape index (κ3) is 4.72. The first-order valence-electron chi connectivity index (χ1n) is 12.3.